The van der Waals surface area contributed by atoms with Crippen molar-refractivity contribution in [3.8, 4) is 22.4 Å². The molecule has 2 aromatic carbocycles. The third-order valence-electron chi connectivity index (χ3n) is 3.70. The molecule has 1 N–H and O–H groups in total. The Morgan fingerprint density at radius 2 is 1.52 bits per heavy atom. The van der Waals surface area contributed by atoms with E-state index in [0.29, 0.717) is 24.5 Å². The van der Waals surface area contributed by atoms with Gasteiger partial charge in [0.05, 0.1) is 5.56 Å². The van der Waals surface area contributed by atoms with E-state index < -0.39 is 44.6 Å². The zero-order chi connectivity index (χ0) is 19.9. The summed E-state index contributed by atoms with van der Waals surface area (Å²) < 4.78 is 83.5. The van der Waals surface area contributed by atoms with Crippen LogP contribution in [-0.2, 0) is 16.4 Å². The van der Waals surface area contributed by atoms with Crippen LogP contribution in [0.15, 0.2) is 39.8 Å². The van der Waals surface area contributed by atoms with Crippen LogP contribution in [0.1, 0.15) is 5.76 Å². The summed E-state index contributed by atoms with van der Waals surface area (Å²) in [4.78, 5) is -1.12. The Bertz CT molecular complexity index is 1100. The lowest BCUT2D eigenvalue weighted by molar-refractivity contribution is 0.230. The van der Waals surface area contributed by atoms with Crippen LogP contribution in [-0.4, -0.2) is 24.9 Å². The van der Waals surface area contributed by atoms with Crippen molar-refractivity contribution in [2.75, 3.05) is 6.26 Å². The van der Waals surface area contributed by atoms with Gasteiger partial charge in [-0.3, -0.25) is 0 Å². The lowest BCUT2D eigenvalue weighted by Gasteiger charge is -2.08. The van der Waals surface area contributed by atoms with Crippen LogP contribution in [0.5, 0.6) is 0 Å². The topological polar surface area (TPSA) is 80.4 Å². The maximum atomic E-state index is 14.2. The van der Waals surface area contributed by atoms with Gasteiger partial charge in [-0.2, -0.15) is 0 Å². The van der Waals surface area contributed by atoms with Gasteiger partial charge in [-0.1, -0.05) is 5.16 Å². The fourth-order valence-corrected chi connectivity index (χ4v) is 3.50. The Morgan fingerprint density at radius 3 is 2.00 bits per heavy atom. The minimum Gasteiger partial charge on any atom is -0.388 e. The third-order valence-corrected chi connectivity index (χ3v) is 4.83. The minimum atomic E-state index is -4.18. The summed E-state index contributed by atoms with van der Waals surface area (Å²) in [5.41, 5.74) is -0.620. The molecule has 0 saturated heterocycles. The van der Waals surface area contributed by atoms with Gasteiger partial charge in [0.25, 0.3) is 0 Å². The van der Waals surface area contributed by atoms with Crippen LogP contribution in [0, 0.1) is 23.3 Å². The van der Waals surface area contributed by atoms with E-state index in [1.807, 2.05) is 0 Å². The summed E-state index contributed by atoms with van der Waals surface area (Å²) >= 11 is 0. The molecule has 1 aromatic heterocycles. The molecular weight excluding hydrogens is 390 g/mol. The van der Waals surface area contributed by atoms with Crippen LogP contribution < -0.4 is 0 Å². The second kappa shape index (κ2) is 6.78. The maximum absolute atomic E-state index is 14.2. The van der Waals surface area contributed by atoms with Crippen molar-refractivity contribution in [3.63, 3.8) is 0 Å². The Kier molecular flexibility index (Phi) is 4.79. The molecule has 5 nitrogen and oxygen atoms in total. The molecule has 0 aliphatic rings. The first-order chi connectivity index (χ1) is 12.6. The number of nitrogens with zero attached hydrogens (tertiary/aromatic N) is 1. The first-order valence-electron chi connectivity index (χ1n) is 7.37. The third kappa shape index (κ3) is 3.58. The molecule has 1 heterocycles. The first-order valence-corrected chi connectivity index (χ1v) is 9.26. The quantitative estimate of drug-likeness (QED) is 0.678. The zero-order valence-electron chi connectivity index (χ0n) is 13.6. The molecule has 3 aromatic rings. The summed E-state index contributed by atoms with van der Waals surface area (Å²) in [5.74, 6) is -4.80. The average molecular weight is 401 g/mol. The molecule has 0 aliphatic carbocycles. The van der Waals surface area contributed by atoms with Gasteiger partial charge in [-0.25, -0.2) is 26.0 Å². The van der Waals surface area contributed by atoms with E-state index >= 15 is 0 Å². The summed E-state index contributed by atoms with van der Waals surface area (Å²) in [7, 11) is -4.18. The molecule has 0 radical (unpaired) electrons. The van der Waals surface area contributed by atoms with Crippen LogP contribution in [0.25, 0.3) is 22.4 Å². The van der Waals surface area contributed by atoms with Gasteiger partial charge in [-0.05, 0) is 29.8 Å². The average Bonchev–Trinajstić information content (AvgIpc) is 2.95. The number of hydrogen-bond acceptors (Lipinski definition) is 5. The van der Waals surface area contributed by atoms with E-state index in [1.54, 1.807) is 0 Å². The number of hydrogen-bond donors (Lipinski definition) is 1. The predicted molar refractivity (Wildman–Crippen MR) is 86.2 cm³/mol. The molecule has 10 heteroatoms. The van der Waals surface area contributed by atoms with Crippen molar-refractivity contribution in [3.05, 3.63) is 59.4 Å². The molecule has 142 valence electrons. The molecule has 0 fully saturated rings. The van der Waals surface area contributed by atoms with Crippen LogP contribution in [0.4, 0.5) is 17.6 Å². The standard InChI is InChI=1S/C17H11F4NO4S/c1-27(24,25)17-12(20)4-8(5-13(17)21)15-14(7-23)26-22-16(15)9-2-10(18)6-11(19)3-9/h2-6,23H,7H2,1H3. The second-order valence-corrected chi connectivity index (χ2v) is 7.64. The molecule has 0 spiro atoms. The van der Waals surface area contributed by atoms with Crippen LogP contribution in [0.2, 0.25) is 0 Å². The van der Waals surface area contributed by atoms with E-state index in [-0.39, 0.29) is 28.1 Å². The monoisotopic (exact) mass is 401 g/mol. The van der Waals surface area contributed by atoms with Crippen molar-refractivity contribution in [1.29, 1.82) is 0 Å². The normalized spacial score (nSPS) is 11.8. The lowest BCUT2D eigenvalue weighted by atomic mass is 9.99. The van der Waals surface area contributed by atoms with Gasteiger partial charge in [0.2, 0.25) is 0 Å². The Hall–Kier alpha value is -2.72. The van der Waals surface area contributed by atoms with Gasteiger partial charge in [0, 0.05) is 17.9 Å². The number of aliphatic hydroxyl groups is 1. The molecule has 27 heavy (non-hydrogen) atoms. The van der Waals surface area contributed by atoms with Crippen LogP contribution in [0.3, 0.4) is 0 Å². The summed E-state index contributed by atoms with van der Waals surface area (Å²) in [6, 6.07) is 3.89. The number of rotatable bonds is 4. The molecule has 0 unspecified atom stereocenters. The van der Waals surface area contributed by atoms with Gasteiger partial charge >= 0.3 is 0 Å². The Balaban J connectivity index is 2.28. The predicted octanol–water partition coefficient (Wildman–Crippen LogP) is 3.46. The SMILES string of the molecule is CS(=O)(=O)c1c(F)cc(-c2c(-c3cc(F)cc(F)c3)noc2CO)cc1F. The molecular formula is C17H11F4NO4S. The van der Waals surface area contributed by atoms with Crippen molar-refractivity contribution < 1.29 is 35.6 Å². The van der Waals surface area contributed by atoms with E-state index in [4.69, 9.17) is 4.52 Å². The molecule has 0 amide bonds. The summed E-state index contributed by atoms with van der Waals surface area (Å²) in [6.07, 6.45) is 0.647. The molecule has 0 saturated carbocycles. The van der Waals surface area contributed by atoms with E-state index in [2.05, 4.69) is 5.16 Å². The van der Waals surface area contributed by atoms with Crippen molar-refractivity contribution in [2.45, 2.75) is 11.5 Å². The highest BCUT2D eigenvalue weighted by molar-refractivity contribution is 7.90. The number of halogens is 4. The van der Waals surface area contributed by atoms with Gasteiger partial charge in [-0.15, -0.1) is 0 Å². The van der Waals surface area contributed by atoms with E-state index in [0.717, 1.165) is 12.1 Å². The molecule has 0 bridgehead atoms. The smallest absolute Gasteiger partial charge is 0.181 e. The number of benzene rings is 2. The minimum absolute atomic E-state index is 0.0982. The van der Waals surface area contributed by atoms with Gasteiger partial charge < -0.3 is 9.63 Å². The highest BCUT2D eigenvalue weighted by Crippen LogP contribution is 2.37. The fourth-order valence-electron chi connectivity index (χ4n) is 2.68. The first kappa shape index (κ1) is 19.1. The largest absolute Gasteiger partial charge is 0.388 e. The number of aliphatic hydroxyl groups excluding tert-OH is 1. The maximum Gasteiger partial charge on any atom is 0.181 e. The zero-order valence-corrected chi connectivity index (χ0v) is 14.4. The lowest BCUT2D eigenvalue weighted by Crippen LogP contribution is -2.05. The molecule has 3 rings (SSSR count). The van der Waals surface area contributed by atoms with Gasteiger partial charge in [0.1, 0.15) is 40.5 Å². The number of sulfone groups is 1. The van der Waals surface area contributed by atoms with Crippen LogP contribution >= 0.6 is 0 Å². The highest BCUT2D eigenvalue weighted by Gasteiger charge is 2.25. The van der Waals surface area contributed by atoms with Gasteiger partial charge in [0.15, 0.2) is 15.6 Å². The van der Waals surface area contributed by atoms with Crippen molar-refractivity contribution in [1.82, 2.24) is 5.16 Å². The fraction of sp³-hybridized carbons (Fsp3) is 0.118. The summed E-state index contributed by atoms with van der Waals surface area (Å²) in [6.45, 7) is -0.725. The van der Waals surface area contributed by atoms with E-state index in [9.17, 15) is 31.1 Å². The summed E-state index contributed by atoms with van der Waals surface area (Å²) in [5, 5.41) is 13.0. The second-order valence-electron chi connectivity index (χ2n) is 5.69. The molecule has 0 aliphatic heterocycles. The van der Waals surface area contributed by atoms with Crippen molar-refractivity contribution in [2.24, 2.45) is 0 Å². The number of aromatic nitrogens is 1. The highest BCUT2D eigenvalue weighted by atomic mass is 32.2. The van der Waals surface area contributed by atoms with E-state index in [1.165, 1.54) is 0 Å². The Morgan fingerprint density at radius 1 is 0.963 bits per heavy atom. The molecule has 0 atom stereocenters. The Labute approximate surface area is 150 Å². The van der Waals surface area contributed by atoms with Crippen molar-refractivity contribution >= 4 is 9.84 Å².